The van der Waals surface area contributed by atoms with Crippen LogP contribution in [-0.4, -0.2) is 24.0 Å². The maximum atomic E-state index is 12.9. The molecule has 0 bridgehead atoms. The van der Waals surface area contributed by atoms with Crippen molar-refractivity contribution in [1.29, 1.82) is 0 Å². The monoisotopic (exact) mass is 356 g/mol. The molecule has 0 saturated heterocycles. The van der Waals surface area contributed by atoms with Crippen molar-refractivity contribution in [2.45, 2.75) is 32.8 Å². The molecule has 0 aliphatic carbocycles. The fourth-order valence-electron chi connectivity index (χ4n) is 2.87. The average molecular weight is 356 g/mol. The van der Waals surface area contributed by atoms with Gasteiger partial charge in [0.1, 0.15) is 11.6 Å². The summed E-state index contributed by atoms with van der Waals surface area (Å²) in [5.74, 6) is -0.177. The number of halogens is 1. The number of carbonyl (C=O) groups excluding carboxylic acids is 2. The number of fused-ring (bicyclic) bond motifs is 1. The van der Waals surface area contributed by atoms with Gasteiger partial charge >= 0.3 is 0 Å². The third kappa shape index (κ3) is 3.69. The van der Waals surface area contributed by atoms with Crippen LogP contribution in [0, 0.1) is 12.7 Å². The standard InChI is InChI=1S/C20H21FN2O3/c1-13-4-9-17-16(12-13)23(19(25)20(2,3)26-17)11-10-18(24)22-15-7-5-14(21)6-8-15/h4-9,12H,10-11H2,1-3H3,(H,22,24). The molecule has 6 heteroatoms. The van der Waals surface area contributed by atoms with Crippen LogP contribution in [0.15, 0.2) is 42.5 Å². The molecule has 2 amide bonds. The molecule has 3 rings (SSSR count). The van der Waals surface area contributed by atoms with Crippen LogP contribution in [0.1, 0.15) is 25.8 Å². The van der Waals surface area contributed by atoms with Gasteiger partial charge in [-0.1, -0.05) is 6.07 Å². The van der Waals surface area contributed by atoms with Gasteiger partial charge in [0.15, 0.2) is 5.60 Å². The van der Waals surface area contributed by atoms with Crippen LogP contribution in [0.3, 0.4) is 0 Å². The first kappa shape index (κ1) is 17.9. The maximum Gasteiger partial charge on any atom is 0.270 e. The van der Waals surface area contributed by atoms with E-state index in [1.54, 1.807) is 18.7 Å². The minimum Gasteiger partial charge on any atom is -0.476 e. The van der Waals surface area contributed by atoms with Crippen molar-refractivity contribution in [3.63, 3.8) is 0 Å². The fourth-order valence-corrected chi connectivity index (χ4v) is 2.87. The molecule has 5 nitrogen and oxygen atoms in total. The molecule has 26 heavy (non-hydrogen) atoms. The number of amides is 2. The number of anilines is 2. The Kier molecular flexibility index (Phi) is 4.68. The van der Waals surface area contributed by atoms with Gasteiger partial charge in [-0.25, -0.2) is 4.39 Å². The molecule has 2 aromatic carbocycles. The highest BCUT2D eigenvalue weighted by atomic mass is 19.1. The molecule has 0 radical (unpaired) electrons. The molecule has 0 fully saturated rings. The Morgan fingerprint density at radius 1 is 1.19 bits per heavy atom. The minimum atomic E-state index is -0.990. The number of nitrogens with zero attached hydrogens (tertiary/aromatic N) is 1. The van der Waals surface area contributed by atoms with E-state index in [1.165, 1.54) is 24.3 Å². The molecule has 1 aliphatic heterocycles. The predicted molar refractivity (Wildman–Crippen MR) is 97.9 cm³/mol. The minimum absolute atomic E-state index is 0.118. The van der Waals surface area contributed by atoms with Gasteiger partial charge in [0.2, 0.25) is 5.91 Å². The number of nitrogens with one attached hydrogen (secondary N) is 1. The third-order valence-corrected chi connectivity index (χ3v) is 4.22. The number of aryl methyl sites for hydroxylation is 1. The third-order valence-electron chi connectivity index (χ3n) is 4.22. The lowest BCUT2D eigenvalue weighted by atomic mass is 10.0. The number of carbonyl (C=O) groups is 2. The first-order chi connectivity index (χ1) is 12.3. The maximum absolute atomic E-state index is 12.9. The van der Waals surface area contributed by atoms with Crippen molar-refractivity contribution >= 4 is 23.2 Å². The van der Waals surface area contributed by atoms with E-state index in [0.717, 1.165) is 5.56 Å². The fraction of sp³-hybridized carbons (Fsp3) is 0.300. The van der Waals surface area contributed by atoms with Crippen LogP contribution in [-0.2, 0) is 9.59 Å². The molecule has 0 unspecified atom stereocenters. The highest BCUT2D eigenvalue weighted by Gasteiger charge is 2.40. The van der Waals surface area contributed by atoms with Gasteiger partial charge in [0, 0.05) is 18.7 Å². The van der Waals surface area contributed by atoms with Crippen LogP contribution in [0.5, 0.6) is 5.75 Å². The summed E-state index contributed by atoms with van der Waals surface area (Å²) in [6, 6.07) is 11.2. The zero-order valence-corrected chi connectivity index (χ0v) is 15.0. The van der Waals surface area contributed by atoms with Crippen molar-refractivity contribution in [3.05, 3.63) is 53.8 Å². The Bertz CT molecular complexity index is 847. The van der Waals surface area contributed by atoms with Crippen molar-refractivity contribution in [2.24, 2.45) is 0 Å². The van der Waals surface area contributed by atoms with Crippen LogP contribution in [0.25, 0.3) is 0 Å². The Balaban J connectivity index is 1.73. The van der Waals surface area contributed by atoms with Crippen LogP contribution < -0.4 is 15.0 Å². The molecular weight excluding hydrogens is 335 g/mol. The molecular formula is C20H21FN2O3. The molecule has 0 atom stereocenters. The number of rotatable bonds is 4. The lowest BCUT2D eigenvalue weighted by Crippen LogP contribution is -2.53. The van der Waals surface area contributed by atoms with Crippen molar-refractivity contribution in [1.82, 2.24) is 0 Å². The zero-order valence-electron chi connectivity index (χ0n) is 15.0. The Morgan fingerprint density at radius 2 is 1.88 bits per heavy atom. The summed E-state index contributed by atoms with van der Waals surface area (Å²) >= 11 is 0. The first-order valence-electron chi connectivity index (χ1n) is 8.43. The van der Waals surface area contributed by atoms with Crippen LogP contribution in [0.4, 0.5) is 15.8 Å². The quantitative estimate of drug-likeness (QED) is 0.909. The number of hydrogen-bond acceptors (Lipinski definition) is 3. The summed E-state index contributed by atoms with van der Waals surface area (Å²) in [6.07, 6.45) is 0.118. The largest absolute Gasteiger partial charge is 0.476 e. The average Bonchev–Trinajstić information content (AvgIpc) is 2.58. The first-order valence-corrected chi connectivity index (χ1v) is 8.43. The Hall–Kier alpha value is -2.89. The van der Waals surface area contributed by atoms with E-state index in [1.807, 2.05) is 25.1 Å². The van der Waals surface area contributed by atoms with Gasteiger partial charge in [-0.2, -0.15) is 0 Å². The van der Waals surface area contributed by atoms with E-state index in [9.17, 15) is 14.0 Å². The van der Waals surface area contributed by atoms with Crippen molar-refractivity contribution < 1.29 is 18.7 Å². The summed E-state index contributed by atoms with van der Waals surface area (Å²) in [7, 11) is 0. The molecule has 0 aromatic heterocycles. The van der Waals surface area contributed by atoms with E-state index < -0.39 is 5.60 Å². The highest BCUT2D eigenvalue weighted by molar-refractivity contribution is 6.03. The highest BCUT2D eigenvalue weighted by Crippen LogP contribution is 2.38. The summed E-state index contributed by atoms with van der Waals surface area (Å²) in [6.45, 7) is 5.59. The number of ether oxygens (including phenoxy) is 1. The smallest absolute Gasteiger partial charge is 0.270 e. The second kappa shape index (κ2) is 6.78. The van der Waals surface area contributed by atoms with E-state index in [4.69, 9.17) is 4.74 Å². The van der Waals surface area contributed by atoms with Gasteiger partial charge in [-0.3, -0.25) is 9.59 Å². The number of hydrogen-bond donors (Lipinski definition) is 1. The Morgan fingerprint density at radius 3 is 2.58 bits per heavy atom. The Labute approximate surface area is 151 Å². The summed E-state index contributed by atoms with van der Waals surface area (Å²) in [5.41, 5.74) is 1.20. The number of benzene rings is 2. The van der Waals surface area contributed by atoms with Crippen molar-refractivity contribution in [2.75, 3.05) is 16.8 Å². The van der Waals surface area contributed by atoms with Gasteiger partial charge < -0.3 is 15.0 Å². The second-order valence-electron chi connectivity index (χ2n) is 6.85. The molecule has 0 saturated carbocycles. The van der Waals surface area contributed by atoms with Gasteiger partial charge in [-0.05, 0) is 62.7 Å². The molecule has 136 valence electrons. The predicted octanol–water partition coefficient (Wildman–Crippen LogP) is 3.67. The molecule has 1 heterocycles. The van der Waals surface area contributed by atoms with E-state index in [-0.39, 0.29) is 30.6 Å². The van der Waals surface area contributed by atoms with Crippen LogP contribution in [0.2, 0.25) is 0 Å². The van der Waals surface area contributed by atoms with E-state index in [0.29, 0.717) is 17.1 Å². The summed E-state index contributed by atoms with van der Waals surface area (Å²) in [5, 5.41) is 2.70. The topological polar surface area (TPSA) is 58.6 Å². The van der Waals surface area contributed by atoms with Crippen LogP contribution >= 0.6 is 0 Å². The summed E-state index contributed by atoms with van der Waals surface area (Å²) < 4.78 is 18.7. The van der Waals surface area contributed by atoms with Gasteiger partial charge in [-0.15, -0.1) is 0 Å². The molecule has 2 aromatic rings. The lowest BCUT2D eigenvalue weighted by Gasteiger charge is -2.38. The molecule has 1 aliphatic rings. The second-order valence-corrected chi connectivity index (χ2v) is 6.85. The van der Waals surface area contributed by atoms with E-state index in [2.05, 4.69) is 5.32 Å². The van der Waals surface area contributed by atoms with E-state index >= 15 is 0 Å². The van der Waals surface area contributed by atoms with Crippen molar-refractivity contribution in [3.8, 4) is 5.75 Å². The summed E-state index contributed by atoms with van der Waals surface area (Å²) in [4.78, 5) is 26.6. The SMILES string of the molecule is Cc1ccc2c(c1)N(CCC(=O)Nc1ccc(F)cc1)C(=O)C(C)(C)O2. The normalized spacial score (nSPS) is 15.2. The van der Waals surface area contributed by atoms with Gasteiger partial charge in [0.05, 0.1) is 5.69 Å². The molecule has 1 N–H and O–H groups in total. The molecule has 0 spiro atoms. The lowest BCUT2D eigenvalue weighted by molar-refractivity contribution is -0.132. The zero-order chi connectivity index (χ0) is 18.9. The van der Waals surface area contributed by atoms with Gasteiger partial charge in [0.25, 0.3) is 5.91 Å².